The van der Waals surface area contributed by atoms with E-state index < -0.39 is 0 Å². The van der Waals surface area contributed by atoms with Gasteiger partial charge in [-0.05, 0) is 92.4 Å². The summed E-state index contributed by atoms with van der Waals surface area (Å²) in [6.07, 6.45) is 0. The number of nitrogens with one attached hydrogen (secondary N) is 1. The molecule has 8 aromatic carbocycles. The molecule has 0 aliphatic heterocycles. The first-order valence-corrected chi connectivity index (χ1v) is 20.5. The smallest absolute Gasteiger partial charge is 0.122 e. The van der Waals surface area contributed by atoms with Gasteiger partial charge in [-0.3, -0.25) is 5.41 Å². The van der Waals surface area contributed by atoms with Gasteiger partial charge in [-0.1, -0.05) is 183 Å². The van der Waals surface area contributed by atoms with E-state index in [0.717, 1.165) is 5.56 Å². The Labute approximate surface area is 345 Å². The van der Waals surface area contributed by atoms with Crippen molar-refractivity contribution >= 4 is 37.3 Å². The normalized spacial score (nSPS) is 12.1. The van der Waals surface area contributed by atoms with Gasteiger partial charge in [-0.25, -0.2) is 0 Å². The van der Waals surface area contributed by atoms with Crippen LogP contribution < -0.4 is 11.5 Å². The maximum Gasteiger partial charge on any atom is 0.122 e. The van der Waals surface area contributed by atoms with Crippen molar-refractivity contribution in [2.24, 2.45) is 11.5 Å². The molecule has 0 spiro atoms. The molecule has 1 heterocycles. The van der Waals surface area contributed by atoms with E-state index in [2.05, 4.69) is 172 Å². The number of hydrogen-bond acceptors (Lipinski definition) is 3. The van der Waals surface area contributed by atoms with Crippen LogP contribution in [0.1, 0.15) is 41.7 Å². The van der Waals surface area contributed by atoms with Gasteiger partial charge in [0.1, 0.15) is 5.84 Å². The second-order valence-corrected chi connectivity index (χ2v) is 16.4. The monoisotopic (exact) mass is 769 g/mol. The average molecular weight is 770 g/mol. The number of fused-ring (bicyclic) bond motifs is 6. The fourth-order valence-electron chi connectivity index (χ4n) is 8.00. The maximum absolute atomic E-state index is 7.01. The highest BCUT2D eigenvalue weighted by Gasteiger charge is 2.35. The first-order valence-electron chi connectivity index (χ1n) is 19.7. The topological polar surface area (TPSA) is 75.9 Å². The predicted octanol–water partition coefficient (Wildman–Crippen LogP) is 13.8. The number of rotatable bonds is 5. The molecule has 4 heteroatoms. The molecule has 9 aromatic rings. The number of benzene rings is 8. The summed E-state index contributed by atoms with van der Waals surface area (Å²) in [5.74, 6) is 0.121. The third kappa shape index (κ3) is 7.73. The molecule has 58 heavy (non-hydrogen) atoms. The molecule has 0 fully saturated rings. The van der Waals surface area contributed by atoms with E-state index in [-0.39, 0.29) is 11.3 Å². The van der Waals surface area contributed by atoms with Gasteiger partial charge in [0, 0.05) is 37.7 Å². The number of amidine groups is 1. The minimum Gasteiger partial charge on any atom is -0.384 e. The molecule has 0 radical (unpaired) electrons. The summed E-state index contributed by atoms with van der Waals surface area (Å²) in [5.41, 5.74) is 27.8. The van der Waals surface area contributed by atoms with Crippen molar-refractivity contribution in [3.05, 3.63) is 216 Å². The largest absolute Gasteiger partial charge is 0.384 e. The van der Waals surface area contributed by atoms with Crippen molar-refractivity contribution in [3.8, 4) is 44.5 Å². The summed E-state index contributed by atoms with van der Waals surface area (Å²) in [6, 6.07) is 66.2. The van der Waals surface area contributed by atoms with Crippen LogP contribution in [0, 0.1) is 12.3 Å². The lowest BCUT2D eigenvalue weighted by molar-refractivity contribution is 0.660. The fourth-order valence-corrected chi connectivity index (χ4v) is 9.13. The Morgan fingerprint density at radius 3 is 1.71 bits per heavy atom. The molecule has 284 valence electrons. The Morgan fingerprint density at radius 1 is 0.517 bits per heavy atom. The molecular weight excluding hydrogens is 723 g/mol. The first kappa shape index (κ1) is 38.3. The van der Waals surface area contributed by atoms with Crippen molar-refractivity contribution in [2.45, 2.75) is 32.7 Å². The standard InChI is InChI=1S/C25H19NS.C22H20.C7H8N2/c26-16-21-7-4-8-24-25(21)22-15-20(13-14-23(22)27-24)19-11-9-18(10-12-19)17-5-2-1-3-6-17;1-15-8-10-16(11-9-15)17-12-13-21-19(14-17)18-6-4-5-7-20(18)22(21,2)3;8-7(9)6-4-2-1-3-5-6/h1-15H,16,26H2;4-14H,1-3H3;1-5H,(H3,8,9). The molecule has 1 aromatic heterocycles. The number of nitrogen functional groups attached to an aromatic ring is 1. The minimum atomic E-state index is 0.0950. The van der Waals surface area contributed by atoms with Crippen LogP contribution in [-0.2, 0) is 12.0 Å². The quantitative estimate of drug-likeness (QED) is 0.120. The van der Waals surface area contributed by atoms with Crippen molar-refractivity contribution in [2.75, 3.05) is 0 Å². The molecule has 10 rings (SSSR count). The second-order valence-electron chi connectivity index (χ2n) is 15.3. The van der Waals surface area contributed by atoms with Gasteiger partial charge in [-0.15, -0.1) is 11.3 Å². The Kier molecular flexibility index (Phi) is 10.9. The fraction of sp³-hybridized carbons (Fsp3) is 0.0926. The molecule has 0 saturated heterocycles. The summed E-state index contributed by atoms with van der Waals surface area (Å²) in [6.45, 7) is 7.34. The van der Waals surface area contributed by atoms with Crippen LogP contribution in [0.25, 0.3) is 64.7 Å². The number of hydrogen-bond donors (Lipinski definition) is 3. The van der Waals surface area contributed by atoms with Gasteiger partial charge in [0.25, 0.3) is 0 Å². The summed E-state index contributed by atoms with van der Waals surface area (Å²) >= 11 is 1.84. The van der Waals surface area contributed by atoms with Crippen LogP contribution in [0.3, 0.4) is 0 Å². The average Bonchev–Trinajstić information content (AvgIpc) is 3.76. The van der Waals surface area contributed by atoms with Gasteiger partial charge in [0.2, 0.25) is 0 Å². The highest BCUT2D eigenvalue weighted by Crippen LogP contribution is 2.49. The zero-order chi connectivity index (χ0) is 40.2. The highest BCUT2D eigenvalue weighted by atomic mass is 32.1. The maximum atomic E-state index is 7.01. The van der Waals surface area contributed by atoms with E-state index in [9.17, 15) is 0 Å². The highest BCUT2D eigenvalue weighted by molar-refractivity contribution is 7.25. The lowest BCUT2D eigenvalue weighted by Gasteiger charge is -2.21. The van der Waals surface area contributed by atoms with Gasteiger partial charge < -0.3 is 11.5 Å². The molecule has 0 bridgehead atoms. The lowest BCUT2D eigenvalue weighted by Crippen LogP contribution is -2.14. The van der Waals surface area contributed by atoms with Crippen LogP contribution in [0.15, 0.2) is 188 Å². The molecule has 3 nitrogen and oxygen atoms in total. The van der Waals surface area contributed by atoms with E-state index in [4.69, 9.17) is 16.9 Å². The molecule has 5 N–H and O–H groups in total. The molecule has 1 aliphatic carbocycles. The van der Waals surface area contributed by atoms with E-state index in [1.807, 2.05) is 47.7 Å². The van der Waals surface area contributed by atoms with E-state index >= 15 is 0 Å². The van der Waals surface area contributed by atoms with Gasteiger partial charge in [0.05, 0.1) is 0 Å². The van der Waals surface area contributed by atoms with Crippen molar-refractivity contribution < 1.29 is 0 Å². The third-order valence-electron chi connectivity index (χ3n) is 11.2. The Hall–Kier alpha value is -6.59. The molecule has 0 unspecified atom stereocenters. The summed E-state index contributed by atoms with van der Waals surface area (Å²) in [5, 5.41) is 9.63. The van der Waals surface area contributed by atoms with Crippen molar-refractivity contribution in [1.82, 2.24) is 0 Å². The molecule has 1 aliphatic rings. The lowest BCUT2D eigenvalue weighted by atomic mass is 9.82. The van der Waals surface area contributed by atoms with Crippen LogP contribution in [0.5, 0.6) is 0 Å². The summed E-state index contributed by atoms with van der Waals surface area (Å²) in [4.78, 5) is 0. The molecule has 0 amide bonds. The van der Waals surface area contributed by atoms with Crippen LogP contribution in [0.2, 0.25) is 0 Å². The van der Waals surface area contributed by atoms with Gasteiger partial charge in [-0.2, -0.15) is 0 Å². The number of thiophene rings is 1. The van der Waals surface area contributed by atoms with E-state index in [1.54, 1.807) is 0 Å². The van der Waals surface area contributed by atoms with Crippen molar-refractivity contribution in [1.29, 1.82) is 5.41 Å². The van der Waals surface area contributed by atoms with E-state index in [0.29, 0.717) is 6.54 Å². The number of nitrogens with two attached hydrogens (primary N) is 2. The van der Waals surface area contributed by atoms with Gasteiger partial charge >= 0.3 is 0 Å². The first-order chi connectivity index (χ1) is 28.2. The SMILES string of the molecule is Cc1ccc(-c2ccc3c(c2)-c2ccccc2C3(C)C)cc1.N=C(N)c1ccccc1.NCc1cccc2sc3ccc(-c4ccc(-c5ccccc5)cc4)cc3c12. The predicted molar refractivity (Wildman–Crippen MR) is 250 cm³/mol. The van der Waals surface area contributed by atoms with Crippen LogP contribution in [-0.4, -0.2) is 5.84 Å². The minimum absolute atomic E-state index is 0.0950. The zero-order valence-corrected chi connectivity index (χ0v) is 34.0. The summed E-state index contributed by atoms with van der Waals surface area (Å²) in [7, 11) is 0. The molecule has 0 saturated carbocycles. The summed E-state index contributed by atoms with van der Waals surface area (Å²) < 4.78 is 2.63. The second kappa shape index (κ2) is 16.5. The third-order valence-corrected chi connectivity index (χ3v) is 12.3. The van der Waals surface area contributed by atoms with Crippen molar-refractivity contribution in [3.63, 3.8) is 0 Å². The Balaban J connectivity index is 0.000000136. The Morgan fingerprint density at radius 2 is 1.05 bits per heavy atom. The Bertz CT molecular complexity index is 2850. The molecular formula is C54H47N3S. The number of aryl methyl sites for hydroxylation is 1. The van der Waals surface area contributed by atoms with Crippen LogP contribution in [0.4, 0.5) is 0 Å². The van der Waals surface area contributed by atoms with Crippen LogP contribution >= 0.6 is 11.3 Å². The van der Waals surface area contributed by atoms with E-state index in [1.165, 1.54) is 86.9 Å². The zero-order valence-electron chi connectivity index (χ0n) is 33.2. The molecule has 0 atom stereocenters. The van der Waals surface area contributed by atoms with Gasteiger partial charge in [0.15, 0.2) is 0 Å².